The fourth-order valence-electron chi connectivity index (χ4n) is 2.11. The van der Waals surface area contributed by atoms with Crippen LogP contribution in [0.2, 0.25) is 0 Å². The van der Waals surface area contributed by atoms with Gasteiger partial charge in [-0.3, -0.25) is 0 Å². The molecule has 0 aromatic carbocycles. The SMILES string of the molecule is CCC(Nc1cc(COC)nc(C(C)(C)C)n1)c1noc(C)n1. The molecule has 0 aliphatic heterocycles. The van der Waals surface area contributed by atoms with Gasteiger partial charge < -0.3 is 14.6 Å². The van der Waals surface area contributed by atoms with Crippen molar-refractivity contribution in [2.24, 2.45) is 0 Å². The molecule has 0 saturated heterocycles. The Morgan fingerprint density at radius 2 is 2.00 bits per heavy atom. The van der Waals surface area contributed by atoms with E-state index in [-0.39, 0.29) is 11.5 Å². The average Bonchev–Trinajstić information content (AvgIpc) is 2.90. The quantitative estimate of drug-likeness (QED) is 0.875. The second-order valence-electron chi connectivity index (χ2n) is 6.53. The van der Waals surface area contributed by atoms with Crippen molar-refractivity contribution in [3.63, 3.8) is 0 Å². The number of methoxy groups -OCH3 is 1. The van der Waals surface area contributed by atoms with Gasteiger partial charge in [-0.05, 0) is 6.42 Å². The van der Waals surface area contributed by atoms with Crippen LogP contribution < -0.4 is 5.32 Å². The summed E-state index contributed by atoms with van der Waals surface area (Å²) in [6.07, 6.45) is 0.813. The van der Waals surface area contributed by atoms with Crippen LogP contribution in [-0.2, 0) is 16.8 Å². The summed E-state index contributed by atoms with van der Waals surface area (Å²) < 4.78 is 10.3. The maximum Gasteiger partial charge on any atom is 0.223 e. The molecular formula is C16H25N5O2. The highest BCUT2D eigenvalue weighted by Gasteiger charge is 2.21. The normalized spacial score (nSPS) is 13.1. The van der Waals surface area contributed by atoms with Gasteiger partial charge >= 0.3 is 0 Å². The highest BCUT2D eigenvalue weighted by molar-refractivity contribution is 5.38. The van der Waals surface area contributed by atoms with Gasteiger partial charge in [-0.1, -0.05) is 32.9 Å². The molecule has 0 aliphatic rings. The molecule has 0 aliphatic carbocycles. The first-order valence-corrected chi connectivity index (χ1v) is 7.77. The molecule has 2 rings (SSSR count). The van der Waals surface area contributed by atoms with Gasteiger partial charge in [-0.15, -0.1) is 0 Å². The van der Waals surface area contributed by atoms with E-state index in [1.165, 1.54) is 0 Å². The van der Waals surface area contributed by atoms with E-state index in [2.05, 4.69) is 53.1 Å². The van der Waals surface area contributed by atoms with Gasteiger partial charge in [-0.2, -0.15) is 4.98 Å². The molecule has 7 nitrogen and oxygen atoms in total. The Balaban J connectivity index is 2.31. The second kappa shape index (κ2) is 7.04. The summed E-state index contributed by atoms with van der Waals surface area (Å²) in [6.45, 7) is 10.5. The van der Waals surface area contributed by atoms with Crippen LogP contribution >= 0.6 is 0 Å². The lowest BCUT2D eigenvalue weighted by Gasteiger charge is -2.20. The molecule has 2 aromatic rings. The van der Waals surface area contributed by atoms with Crippen LogP contribution in [0.1, 0.15) is 63.4 Å². The van der Waals surface area contributed by atoms with Crippen molar-refractivity contribution in [1.29, 1.82) is 0 Å². The molecular weight excluding hydrogens is 294 g/mol. The topological polar surface area (TPSA) is 86.0 Å². The molecule has 23 heavy (non-hydrogen) atoms. The number of nitrogens with zero attached hydrogens (tertiary/aromatic N) is 4. The van der Waals surface area contributed by atoms with Gasteiger partial charge in [0, 0.05) is 25.5 Å². The predicted molar refractivity (Wildman–Crippen MR) is 87.1 cm³/mol. The van der Waals surface area contributed by atoms with Crippen LogP contribution in [0.4, 0.5) is 5.82 Å². The number of aromatic nitrogens is 4. The number of aryl methyl sites for hydroxylation is 1. The Bertz CT molecular complexity index is 648. The molecule has 0 spiro atoms. The van der Waals surface area contributed by atoms with E-state index >= 15 is 0 Å². The van der Waals surface area contributed by atoms with Crippen LogP contribution in [0.15, 0.2) is 10.6 Å². The van der Waals surface area contributed by atoms with E-state index < -0.39 is 0 Å². The van der Waals surface area contributed by atoms with Crippen LogP contribution in [-0.4, -0.2) is 27.2 Å². The average molecular weight is 319 g/mol. The summed E-state index contributed by atoms with van der Waals surface area (Å²) in [5, 5.41) is 7.37. The predicted octanol–water partition coefficient (Wildman–Crippen LogP) is 3.18. The fraction of sp³-hybridized carbons (Fsp3) is 0.625. The number of ether oxygens (including phenoxy) is 1. The van der Waals surface area contributed by atoms with Crippen molar-refractivity contribution in [3.05, 3.63) is 29.3 Å². The maximum atomic E-state index is 5.21. The van der Waals surface area contributed by atoms with Gasteiger partial charge in [0.2, 0.25) is 5.89 Å². The molecule has 0 fully saturated rings. The van der Waals surface area contributed by atoms with Gasteiger partial charge in [0.05, 0.1) is 18.3 Å². The number of nitrogens with one attached hydrogen (secondary N) is 1. The molecule has 2 aromatic heterocycles. The first-order chi connectivity index (χ1) is 10.8. The zero-order valence-electron chi connectivity index (χ0n) is 14.7. The number of hydrogen-bond donors (Lipinski definition) is 1. The maximum absolute atomic E-state index is 5.21. The van der Waals surface area contributed by atoms with E-state index in [9.17, 15) is 0 Å². The van der Waals surface area contributed by atoms with Crippen LogP contribution in [0, 0.1) is 6.92 Å². The molecule has 1 N–H and O–H groups in total. The summed E-state index contributed by atoms with van der Waals surface area (Å²) in [7, 11) is 1.66. The van der Waals surface area contributed by atoms with Crippen molar-refractivity contribution in [2.75, 3.05) is 12.4 Å². The lowest BCUT2D eigenvalue weighted by Crippen LogP contribution is -2.20. The summed E-state index contributed by atoms with van der Waals surface area (Å²) >= 11 is 0. The minimum Gasteiger partial charge on any atom is -0.378 e. The molecule has 0 saturated carbocycles. The Morgan fingerprint density at radius 1 is 1.26 bits per heavy atom. The second-order valence-corrected chi connectivity index (χ2v) is 6.53. The zero-order chi connectivity index (χ0) is 17.0. The van der Waals surface area contributed by atoms with Crippen molar-refractivity contribution in [1.82, 2.24) is 20.1 Å². The number of rotatable bonds is 6. The third-order valence-electron chi connectivity index (χ3n) is 3.33. The van der Waals surface area contributed by atoms with E-state index in [0.717, 1.165) is 23.8 Å². The van der Waals surface area contributed by atoms with Gasteiger partial charge in [0.15, 0.2) is 5.82 Å². The number of anilines is 1. The Hall–Kier alpha value is -2.02. The number of hydrogen-bond acceptors (Lipinski definition) is 7. The standard InChI is InChI=1S/C16H25N5O2/c1-7-12(14-17-10(2)23-21-14)19-13-8-11(9-22-6)18-15(20-13)16(3,4)5/h8,12H,7,9H2,1-6H3,(H,18,19,20). The Kier molecular flexibility index (Phi) is 5.30. The van der Waals surface area contributed by atoms with E-state index in [0.29, 0.717) is 18.3 Å². The molecule has 0 bridgehead atoms. The van der Waals surface area contributed by atoms with Gasteiger partial charge in [0.25, 0.3) is 0 Å². The van der Waals surface area contributed by atoms with Crippen molar-refractivity contribution in [3.8, 4) is 0 Å². The first kappa shape index (κ1) is 17.3. The first-order valence-electron chi connectivity index (χ1n) is 7.77. The Labute approximate surface area is 136 Å². The molecule has 2 heterocycles. The largest absolute Gasteiger partial charge is 0.378 e. The van der Waals surface area contributed by atoms with E-state index in [4.69, 9.17) is 9.26 Å². The molecule has 1 atom stereocenters. The third-order valence-corrected chi connectivity index (χ3v) is 3.33. The smallest absolute Gasteiger partial charge is 0.223 e. The summed E-state index contributed by atoms with van der Waals surface area (Å²) in [4.78, 5) is 13.5. The molecule has 7 heteroatoms. The van der Waals surface area contributed by atoms with Gasteiger partial charge in [-0.25, -0.2) is 9.97 Å². The van der Waals surface area contributed by atoms with Crippen molar-refractivity contribution < 1.29 is 9.26 Å². The third kappa shape index (κ3) is 4.48. The van der Waals surface area contributed by atoms with Crippen molar-refractivity contribution in [2.45, 2.75) is 59.1 Å². The zero-order valence-corrected chi connectivity index (χ0v) is 14.7. The fourth-order valence-corrected chi connectivity index (χ4v) is 2.11. The van der Waals surface area contributed by atoms with E-state index in [1.54, 1.807) is 14.0 Å². The van der Waals surface area contributed by atoms with E-state index in [1.807, 2.05) is 6.07 Å². The molecule has 0 radical (unpaired) electrons. The van der Waals surface area contributed by atoms with Crippen molar-refractivity contribution >= 4 is 5.82 Å². The van der Waals surface area contributed by atoms with Crippen LogP contribution in [0.25, 0.3) is 0 Å². The summed E-state index contributed by atoms with van der Waals surface area (Å²) in [5.74, 6) is 2.70. The lowest BCUT2D eigenvalue weighted by atomic mass is 9.95. The minimum absolute atomic E-state index is 0.0643. The summed E-state index contributed by atoms with van der Waals surface area (Å²) in [6, 6.07) is 1.83. The van der Waals surface area contributed by atoms with Crippen LogP contribution in [0.5, 0.6) is 0 Å². The van der Waals surface area contributed by atoms with Gasteiger partial charge in [0.1, 0.15) is 11.6 Å². The lowest BCUT2D eigenvalue weighted by molar-refractivity contribution is 0.181. The Morgan fingerprint density at radius 3 is 2.52 bits per heavy atom. The molecule has 1 unspecified atom stereocenters. The highest BCUT2D eigenvalue weighted by atomic mass is 16.5. The highest BCUT2D eigenvalue weighted by Crippen LogP contribution is 2.24. The molecule has 126 valence electrons. The monoisotopic (exact) mass is 319 g/mol. The minimum atomic E-state index is -0.148. The molecule has 0 amide bonds. The van der Waals surface area contributed by atoms with Crippen LogP contribution in [0.3, 0.4) is 0 Å². The summed E-state index contributed by atoms with van der Waals surface area (Å²) in [5.41, 5.74) is 0.694.